The molecule has 0 saturated heterocycles. The summed E-state index contributed by atoms with van der Waals surface area (Å²) in [5.74, 6) is -0.829. The van der Waals surface area contributed by atoms with Crippen molar-refractivity contribution >= 4 is 21.9 Å². The Labute approximate surface area is 104 Å². The molecule has 1 aliphatic carbocycles. The van der Waals surface area contributed by atoms with Crippen LogP contribution in [0.5, 0.6) is 0 Å². The maximum atomic E-state index is 11.1. The molecule has 3 heteroatoms. The second kappa shape index (κ2) is 4.58. The smallest absolute Gasteiger partial charge is 0.306 e. The minimum absolute atomic E-state index is 0.166. The number of carboxylic acid groups (broad SMARTS) is 1. The van der Waals surface area contributed by atoms with Gasteiger partial charge in [0.05, 0.1) is 5.92 Å². The lowest BCUT2D eigenvalue weighted by atomic mass is 9.76. The van der Waals surface area contributed by atoms with E-state index in [1.54, 1.807) is 0 Å². The van der Waals surface area contributed by atoms with Crippen LogP contribution in [0.1, 0.15) is 36.8 Å². The lowest BCUT2D eigenvalue weighted by molar-refractivity contribution is -0.142. The highest BCUT2D eigenvalue weighted by Gasteiger charge is 2.29. The van der Waals surface area contributed by atoms with Crippen LogP contribution in [-0.4, -0.2) is 11.1 Å². The van der Waals surface area contributed by atoms with Crippen LogP contribution in [0, 0.1) is 5.92 Å². The second-order valence-corrected chi connectivity index (χ2v) is 5.29. The lowest BCUT2D eigenvalue weighted by Gasteiger charge is -2.29. The molecule has 0 saturated carbocycles. The van der Waals surface area contributed by atoms with E-state index >= 15 is 0 Å². The van der Waals surface area contributed by atoms with Crippen LogP contribution in [0.15, 0.2) is 22.7 Å². The number of hydrogen-bond acceptors (Lipinski definition) is 1. The number of halogens is 1. The molecule has 1 aromatic rings. The molecule has 1 N–H and O–H groups in total. The van der Waals surface area contributed by atoms with Crippen molar-refractivity contribution in [2.24, 2.45) is 5.92 Å². The molecule has 86 valence electrons. The molecule has 2 unspecified atom stereocenters. The van der Waals surface area contributed by atoms with Gasteiger partial charge in [0.2, 0.25) is 0 Å². The third-order valence-electron chi connectivity index (χ3n) is 3.49. The fourth-order valence-electron chi connectivity index (χ4n) is 2.53. The third-order valence-corrected chi connectivity index (χ3v) is 4.23. The van der Waals surface area contributed by atoms with Gasteiger partial charge >= 0.3 is 5.97 Å². The molecule has 2 nitrogen and oxygen atoms in total. The van der Waals surface area contributed by atoms with Gasteiger partial charge in [-0.2, -0.15) is 0 Å². The first-order valence-corrected chi connectivity index (χ1v) is 6.40. The maximum absolute atomic E-state index is 11.1. The van der Waals surface area contributed by atoms with Gasteiger partial charge in [0.1, 0.15) is 0 Å². The molecule has 2 atom stereocenters. The normalized spacial score (nSPS) is 21.2. The molecule has 0 fully saturated rings. The Bertz CT molecular complexity index is 414. The Morgan fingerprint density at radius 2 is 2.31 bits per heavy atom. The van der Waals surface area contributed by atoms with Crippen LogP contribution < -0.4 is 0 Å². The Kier molecular flexibility index (Phi) is 3.33. The van der Waals surface area contributed by atoms with Gasteiger partial charge < -0.3 is 5.11 Å². The molecule has 0 spiro atoms. The van der Waals surface area contributed by atoms with Crippen molar-refractivity contribution in [2.75, 3.05) is 0 Å². The zero-order valence-corrected chi connectivity index (χ0v) is 10.8. The van der Waals surface area contributed by atoms with Crippen LogP contribution in [0.3, 0.4) is 0 Å². The molecule has 0 radical (unpaired) electrons. The first kappa shape index (κ1) is 11.6. The van der Waals surface area contributed by atoms with Crippen LogP contribution in [0.2, 0.25) is 0 Å². The zero-order chi connectivity index (χ0) is 11.7. The molecule has 1 aromatic carbocycles. The fourth-order valence-corrected chi connectivity index (χ4v) is 3.11. The molecule has 0 aromatic heterocycles. The first-order valence-electron chi connectivity index (χ1n) is 5.61. The van der Waals surface area contributed by atoms with Crippen LogP contribution in [-0.2, 0) is 11.2 Å². The summed E-state index contributed by atoms with van der Waals surface area (Å²) in [6.45, 7) is 1.81. The van der Waals surface area contributed by atoms with E-state index in [4.69, 9.17) is 5.11 Å². The molecule has 0 amide bonds. The number of benzene rings is 1. The van der Waals surface area contributed by atoms with E-state index in [0.29, 0.717) is 0 Å². The van der Waals surface area contributed by atoms with Crippen molar-refractivity contribution in [3.05, 3.63) is 33.8 Å². The largest absolute Gasteiger partial charge is 0.481 e. The summed E-state index contributed by atoms with van der Waals surface area (Å²) in [7, 11) is 0. The van der Waals surface area contributed by atoms with E-state index < -0.39 is 5.97 Å². The van der Waals surface area contributed by atoms with Crippen molar-refractivity contribution in [2.45, 2.75) is 32.1 Å². The van der Waals surface area contributed by atoms with Crippen LogP contribution in [0.4, 0.5) is 0 Å². The quantitative estimate of drug-likeness (QED) is 0.900. The Hall–Kier alpha value is -0.830. The minimum atomic E-state index is -0.696. The summed E-state index contributed by atoms with van der Waals surface area (Å²) in [5, 5.41) is 9.12. The Morgan fingerprint density at radius 3 is 3.00 bits per heavy atom. The van der Waals surface area contributed by atoms with E-state index in [1.807, 2.05) is 19.1 Å². The molecular formula is C13H15BrO2. The van der Waals surface area contributed by atoms with Gasteiger partial charge in [-0.3, -0.25) is 4.79 Å². The summed E-state index contributed by atoms with van der Waals surface area (Å²) >= 11 is 3.55. The van der Waals surface area contributed by atoms with Crippen molar-refractivity contribution in [3.63, 3.8) is 0 Å². The average Bonchev–Trinajstić information content (AvgIpc) is 2.28. The Morgan fingerprint density at radius 1 is 1.56 bits per heavy atom. The van der Waals surface area contributed by atoms with Gasteiger partial charge in [-0.05, 0) is 42.4 Å². The summed E-state index contributed by atoms with van der Waals surface area (Å²) < 4.78 is 1.12. The standard InChI is InChI=1S/C13H15BrO2/c1-8(13(15)16)9-4-2-6-11-10(9)5-3-7-12(11)14/h3,5,7-9H,2,4,6H2,1H3,(H,15,16). The number of rotatable bonds is 2. The van der Waals surface area contributed by atoms with Crippen LogP contribution >= 0.6 is 15.9 Å². The van der Waals surface area contributed by atoms with E-state index in [1.165, 1.54) is 11.1 Å². The molecule has 2 rings (SSSR count). The highest BCUT2D eigenvalue weighted by Crippen LogP contribution is 2.39. The van der Waals surface area contributed by atoms with Gasteiger partial charge in [0, 0.05) is 4.47 Å². The van der Waals surface area contributed by atoms with Gasteiger partial charge in [0.25, 0.3) is 0 Å². The number of aliphatic carboxylic acids is 1. The minimum Gasteiger partial charge on any atom is -0.481 e. The molecule has 1 aliphatic rings. The van der Waals surface area contributed by atoms with Crippen molar-refractivity contribution in [1.29, 1.82) is 0 Å². The van der Waals surface area contributed by atoms with Gasteiger partial charge in [0.15, 0.2) is 0 Å². The molecular weight excluding hydrogens is 268 g/mol. The lowest BCUT2D eigenvalue weighted by Crippen LogP contribution is -2.23. The summed E-state index contributed by atoms with van der Waals surface area (Å²) in [5.41, 5.74) is 2.52. The second-order valence-electron chi connectivity index (χ2n) is 4.43. The van der Waals surface area contributed by atoms with Gasteiger partial charge in [-0.15, -0.1) is 0 Å². The first-order chi connectivity index (χ1) is 7.61. The average molecular weight is 283 g/mol. The zero-order valence-electron chi connectivity index (χ0n) is 9.24. The van der Waals surface area contributed by atoms with E-state index in [-0.39, 0.29) is 11.8 Å². The molecule has 16 heavy (non-hydrogen) atoms. The van der Waals surface area contributed by atoms with E-state index in [0.717, 1.165) is 23.7 Å². The van der Waals surface area contributed by atoms with E-state index in [9.17, 15) is 4.79 Å². The summed E-state index contributed by atoms with van der Waals surface area (Å²) in [4.78, 5) is 11.1. The molecule has 0 bridgehead atoms. The Balaban J connectivity index is 2.40. The molecule has 0 aliphatic heterocycles. The summed E-state index contributed by atoms with van der Waals surface area (Å²) in [6.07, 6.45) is 3.12. The maximum Gasteiger partial charge on any atom is 0.306 e. The number of carbonyl (C=O) groups is 1. The predicted octanol–water partition coefficient (Wildman–Crippen LogP) is 3.59. The highest BCUT2D eigenvalue weighted by molar-refractivity contribution is 9.10. The number of hydrogen-bond donors (Lipinski definition) is 1. The monoisotopic (exact) mass is 282 g/mol. The van der Waals surface area contributed by atoms with E-state index in [2.05, 4.69) is 22.0 Å². The third kappa shape index (κ3) is 2.01. The van der Waals surface area contributed by atoms with Crippen molar-refractivity contribution in [3.8, 4) is 0 Å². The molecule has 0 heterocycles. The number of carboxylic acids is 1. The number of fused-ring (bicyclic) bond motifs is 1. The summed E-state index contributed by atoms with van der Waals surface area (Å²) in [6, 6.07) is 6.10. The van der Waals surface area contributed by atoms with Gasteiger partial charge in [-0.25, -0.2) is 0 Å². The van der Waals surface area contributed by atoms with Crippen molar-refractivity contribution in [1.82, 2.24) is 0 Å². The SMILES string of the molecule is CC(C(=O)O)C1CCCc2c(Br)cccc21. The van der Waals surface area contributed by atoms with Crippen LogP contribution in [0.25, 0.3) is 0 Å². The highest BCUT2D eigenvalue weighted by atomic mass is 79.9. The van der Waals surface area contributed by atoms with Crippen molar-refractivity contribution < 1.29 is 9.90 Å². The van der Waals surface area contributed by atoms with Gasteiger partial charge in [-0.1, -0.05) is 35.0 Å². The predicted molar refractivity (Wildman–Crippen MR) is 66.6 cm³/mol. The fraction of sp³-hybridized carbons (Fsp3) is 0.462. The topological polar surface area (TPSA) is 37.3 Å².